The van der Waals surface area contributed by atoms with E-state index in [9.17, 15) is 9.59 Å². The van der Waals surface area contributed by atoms with Crippen LogP contribution in [0.3, 0.4) is 0 Å². The van der Waals surface area contributed by atoms with Crippen LogP contribution in [0, 0.1) is 0 Å². The molecule has 2 amide bonds. The summed E-state index contributed by atoms with van der Waals surface area (Å²) in [5.74, 6) is 0. The highest BCUT2D eigenvalue weighted by molar-refractivity contribution is 8.76. The average Bonchev–Trinajstić information content (AvgIpc) is 3.39. The van der Waals surface area contributed by atoms with E-state index in [2.05, 4.69) is 18.5 Å². The van der Waals surface area contributed by atoms with E-state index in [0.717, 1.165) is 17.0 Å². The van der Waals surface area contributed by atoms with Crippen molar-refractivity contribution in [2.45, 2.75) is 68.7 Å². The van der Waals surface area contributed by atoms with Crippen molar-refractivity contribution < 1.29 is 23.8 Å². The molecule has 3 heterocycles. The molecule has 3 rings (SSSR count). The Morgan fingerprint density at radius 1 is 1.30 bits per heavy atom. The van der Waals surface area contributed by atoms with Gasteiger partial charge >= 0.3 is 12.2 Å². The standard InChI is InChI=1S/C23H33N3O5S2/c1-6-17(32-33-19-9-7-8-10-24-19)15-30-21(27)25-11-12-29-20(25)18-13-16(2)14-26(18)22(28)31-23(3,4)5/h7-10,17-18,20H,2,6,11-15H2,1,3-5H3/t17-,18-,20?/m0/s1. The first-order valence-electron chi connectivity index (χ1n) is 11.1. The molecule has 2 aliphatic rings. The van der Waals surface area contributed by atoms with Gasteiger partial charge in [-0.25, -0.2) is 14.6 Å². The number of aromatic nitrogens is 1. The Balaban J connectivity index is 1.57. The zero-order chi connectivity index (χ0) is 24.0. The van der Waals surface area contributed by atoms with Crippen molar-refractivity contribution in [2.75, 3.05) is 26.3 Å². The van der Waals surface area contributed by atoms with Crippen LogP contribution in [-0.2, 0) is 14.2 Å². The number of nitrogens with zero attached hydrogens (tertiary/aromatic N) is 3. The molecule has 182 valence electrons. The Morgan fingerprint density at radius 2 is 2.09 bits per heavy atom. The Labute approximate surface area is 203 Å². The minimum atomic E-state index is -0.610. The first-order valence-corrected chi connectivity index (χ1v) is 13.3. The van der Waals surface area contributed by atoms with Gasteiger partial charge in [-0.3, -0.25) is 9.80 Å². The molecule has 1 unspecified atom stereocenters. The van der Waals surface area contributed by atoms with Gasteiger partial charge in [-0.05, 0) is 56.5 Å². The Kier molecular flexibility index (Phi) is 8.95. The molecule has 10 heteroatoms. The number of hydrogen-bond acceptors (Lipinski definition) is 8. The van der Waals surface area contributed by atoms with Gasteiger partial charge < -0.3 is 14.2 Å². The van der Waals surface area contributed by atoms with Crippen molar-refractivity contribution in [1.82, 2.24) is 14.8 Å². The maximum atomic E-state index is 12.9. The fraction of sp³-hybridized carbons (Fsp3) is 0.609. The second kappa shape index (κ2) is 11.5. The minimum absolute atomic E-state index is 0.132. The van der Waals surface area contributed by atoms with Crippen molar-refractivity contribution in [2.24, 2.45) is 0 Å². The third kappa shape index (κ3) is 7.28. The highest BCUT2D eigenvalue weighted by atomic mass is 33.1. The van der Waals surface area contributed by atoms with Crippen LogP contribution in [0.15, 0.2) is 41.6 Å². The van der Waals surface area contributed by atoms with Gasteiger partial charge in [0.1, 0.15) is 17.2 Å². The normalized spacial score (nSPS) is 21.9. The molecular formula is C23H33N3O5S2. The van der Waals surface area contributed by atoms with E-state index in [1.54, 1.807) is 37.6 Å². The maximum absolute atomic E-state index is 12.9. The summed E-state index contributed by atoms with van der Waals surface area (Å²) in [5, 5.41) is 1.05. The predicted molar refractivity (Wildman–Crippen MR) is 130 cm³/mol. The van der Waals surface area contributed by atoms with Crippen molar-refractivity contribution in [3.8, 4) is 0 Å². The lowest BCUT2D eigenvalue weighted by Gasteiger charge is -2.34. The van der Waals surface area contributed by atoms with Crippen molar-refractivity contribution in [3.63, 3.8) is 0 Å². The summed E-state index contributed by atoms with van der Waals surface area (Å²) in [5.41, 5.74) is 0.296. The van der Waals surface area contributed by atoms with Crippen LogP contribution >= 0.6 is 21.6 Å². The molecule has 1 aromatic rings. The molecule has 1 aromatic heterocycles. The Hall–Kier alpha value is -1.91. The highest BCUT2D eigenvalue weighted by Gasteiger charge is 2.45. The molecule has 3 atom stereocenters. The zero-order valence-electron chi connectivity index (χ0n) is 19.7. The van der Waals surface area contributed by atoms with E-state index in [1.165, 1.54) is 0 Å². The van der Waals surface area contributed by atoms with E-state index in [4.69, 9.17) is 14.2 Å². The number of amides is 2. The van der Waals surface area contributed by atoms with Crippen LogP contribution in [0.5, 0.6) is 0 Å². The van der Waals surface area contributed by atoms with Gasteiger partial charge in [0.25, 0.3) is 0 Å². The molecule has 0 radical (unpaired) electrons. The number of pyridine rings is 1. The second-order valence-electron chi connectivity index (χ2n) is 9.04. The van der Waals surface area contributed by atoms with Crippen LogP contribution in [0.2, 0.25) is 0 Å². The molecular weight excluding hydrogens is 462 g/mol. The largest absolute Gasteiger partial charge is 0.448 e. The third-order valence-corrected chi connectivity index (χ3v) is 8.03. The summed E-state index contributed by atoms with van der Waals surface area (Å²) in [7, 11) is 3.22. The summed E-state index contributed by atoms with van der Waals surface area (Å²) in [4.78, 5) is 33.2. The van der Waals surface area contributed by atoms with Crippen molar-refractivity contribution in [1.29, 1.82) is 0 Å². The molecule has 0 N–H and O–H groups in total. The van der Waals surface area contributed by atoms with Gasteiger partial charge in [0.2, 0.25) is 0 Å². The van der Waals surface area contributed by atoms with Gasteiger partial charge in [0.05, 0.1) is 19.2 Å². The van der Waals surface area contributed by atoms with Crippen LogP contribution in [0.1, 0.15) is 40.5 Å². The number of hydrogen-bond donors (Lipinski definition) is 0. The lowest BCUT2D eigenvalue weighted by Crippen LogP contribution is -2.51. The first kappa shape index (κ1) is 25.7. The molecule has 2 fully saturated rings. The van der Waals surface area contributed by atoms with Gasteiger partial charge in [-0.2, -0.15) is 0 Å². The molecule has 0 aliphatic carbocycles. The predicted octanol–water partition coefficient (Wildman–Crippen LogP) is 4.96. The molecule has 33 heavy (non-hydrogen) atoms. The first-order chi connectivity index (χ1) is 15.7. The number of ether oxygens (including phenoxy) is 3. The quantitative estimate of drug-likeness (QED) is 0.388. The monoisotopic (exact) mass is 495 g/mol. The van der Waals surface area contributed by atoms with Crippen LogP contribution in [0.25, 0.3) is 0 Å². The van der Waals surface area contributed by atoms with Gasteiger partial charge in [0.15, 0.2) is 6.23 Å². The van der Waals surface area contributed by atoms with E-state index >= 15 is 0 Å². The van der Waals surface area contributed by atoms with Crippen molar-refractivity contribution in [3.05, 3.63) is 36.5 Å². The Morgan fingerprint density at radius 3 is 2.76 bits per heavy atom. The summed E-state index contributed by atoms with van der Waals surface area (Å²) in [6, 6.07) is 5.43. The fourth-order valence-electron chi connectivity index (χ4n) is 3.58. The van der Waals surface area contributed by atoms with E-state index in [0.29, 0.717) is 26.1 Å². The van der Waals surface area contributed by atoms with Gasteiger partial charge in [0, 0.05) is 18.0 Å². The summed E-state index contributed by atoms with van der Waals surface area (Å²) < 4.78 is 17.1. The molecule has 8 nitrogen and oxygen atoms in total. The number of carbonyl (C=O) groups excluding carboxylic acids is 2. The zero-order valence-corrected chi connectivity index (χ0v) is 21.3. The molecule has 0 aromatic carbocycles. The van der Waals surface area contributed by atoms with E-state index < -0.39 is 24.0 Å². The number of carbonyl (C=O) groups is 2. The summed E-state index contributed by atoms with van der Waals surface area (Å²) >= 11 is 0. The molecule has 0 spiro atoms. The molecule has 0 bridgehead atoms. The minimum Gasteiger partial charge on any atom is -0.448 e. The third-order valence-electron chi connectivity index (χ3n) is 5.17. The van der Waals surface area contributed by atoms with Gasteiger partial charge in [-0.15, -0.1) is 0 Å². The van der Waals surface area contributed by atoms with Crippen LogP contribution in [0.4, 0.5) is 9.59 Å². The summed E-state index contributed by atoms with van der Waals surface area (Å²) in [6.45, 7) is 13.1. The molecule has 2 aliphatic heterocycles. The van der Waals surface area contributed by atoms with Crippen LogP contribution < -0.4 is 0 Å². The Bertz CT molecular complexity index is 833. The number of likely N-dealkylation sites (tertiary alicyclic amines) is 1. The summed E-state index contributed by atoms with van der Waals surface area (Å²) in [6.07, 6.45) is 1.73. The van der Waals surface area contributed by atoms with Crippen molar-refractivity contribution >= 4 is 33.8 Å². The van der Waals surface area contributed by atoms with E-state index in [1.807, 2.05) is 39.0 Å². The van der Waals surface area contributed by atoms with E-state index in [-0.39, 0.29) is 17.9 Å². The SMILES string of the molecule is C=C1C[C@@H](C2OCCN2C(=O)OC[C@H](CC)SSc2ccccn2)N(C(=O)OC(C)(C)C)C1. The lowest BCUT2D eigenvalue weighted by atomic mass is 10.1. The van der Waals surface area contributed by atoms with Gasteiger partial charge in [-0.1, -0.05) is 35.9 Å². The molecule has 0 saturated carbocycles. The average molecular weight is 496 g/mol. The van der Waals surface area contributed by atoms with Crippen LogP contribution in [-0.4, -0.2) is 76.4 Å². The second-order valence-corrected chi connectivity index (χ2v) is 11.6. The topological polar surface area (TPSA) is 81.2 Å². The number of rotatable bonds is 7. The lowest BCUT2D eigenvalue weighted by molar-refractivity contribution is -0.0356. The molecule has 2 saturated heterocycles. The fourth-order valence-corrected chi connectivity index (χ4v) is 5.89. The smallest absolute Gasteiger partial charge is 0.412 e. The highest BCUT2D eigenvalue weighted by Crippen LogP contribution is 2.35. The maximum Gasteiger partial charge on any atom is 0.412 e.